The molecular formula is C9H14N2O2S. The predicted octanol–water partition coefficient (Wildman–Crippen LogP) is 0.969. The highest BCUT2D eigenvalue weighted by Gasteiger charge is 2.46. The number of rotatable bonds is 4. The van der Waals surface area contributed by atoms with Gasteiger partial charge in [0.05, 0.1) is 11.5 Å². The van der Waals surface area contributed by atoms with E-state index in [2.05, 4.69) is 4.98 Å². The first kappa shape index (κ1) is 9.89. The molecule has 3 N–H and O–H groups in total. The summed E-state index contributed by atoms with van der Waals surface area (Å²) >= 11 is 1.34. The zero-order valence-electron chi connectivity index (χ0n) is 8.06. The third-order valence-electron chi connectivity index (χ3n) is 2.57. The van der Waals surface area contributed by atoms with Gasteiger partial charge in [0.1, 0.15) is 5.60 Å². The number of ether oxygens (including phenoxy) is 1. The van der Waals surface area contributed by atoms with Crippen LogP contribution in [-0.2, 0) is 10.3 Å². The Morgan fingerprint density at radius 1 is 1.79 bits per heavy atom. The lowest BCUT2D eigenvalue weighted by Crippen LogP contribution is -2.32. The molecule has 1 aromatic rings. The van der Waals surface area contributed by atoms with Crippen molar-refractivity contribution in [2.24, 2.45) is 5.92 Å². The summed E-state index contributed by atoms with van der Waals surface area (Å²) in [6.07, 6.45) is 3.76. The van der Waals surface area contributed by atoms with E-state index in [9.17, 15) is 5.11 Å². The van der Waals surface area contributed by atoms with Gasteiger partial charge in [-0.2, -0.15) is 0 Å². The minimum atomic E-state index is -0.871. The number of nitrogen functional groups attached to an aromatic ring is 1. The minimum Gasteiger partial charge on any atom is -0.382 e. The zero-order valence-corrected chi connectivity index (χ0v) is 8.88. The largest absolute Gasteiger partial charge is 0.382 e. The summed E-state index contributed by atoms with van der Waals surface area (Å²) in [5, 5.41) is 10.9. The fraction of sp³-hybridized carbons (Fsp3) is 0.667. The van der Waals surface area contributed by atoms with Crippen LogP contribution >= 0.6 is 11.3 Å². The maximum Gasteiger partial charge on any atom is 0.180 e. The van der Waals surface area contributed by atoms with Crippen molar-refractivity contribution in [1.29, 1.82) is 0 Å². The maximum absolute atomic E-state index is 10.4. The fourth-order valence-electron chi connectivity index (χ4n) is 1.66. The third-order valence-corrected chi connectivity index (χ3v) is 3.56. The van der Waals surface area contributed by atoms with E-state index in [1.54, 1.807) is 13.3 Å². The Hall–Kier alpha value is -0.650. The van der Waals surface area contributed by atoms with E-state index in [4.69, 9.17) is 10.5 Å². The van der Waals surface area contributed by atoms with Crippen LogP contribution in [0, 0.1) is 5.92 Å². The molecule has 0 amide bonds. The van der Waals surface area contributed by atoms with Gasteiger partial charge in [-0.3, -0.25) is 0 Å². The van der Waals surface area contributed by atoms with Gasteiger partial charge < -0.3 is 15.6 Å². The number of anilines is 1. The Labute approximate surface area is 86.7 Å². The van der Waals surface area contributed by atoms with Gasteiger partial charge in [0.25, 0.3) is 0 Å². The molecule has 2 rings (SSSR count). The summed E-state index contributed by atoms with van der Waals surface area (Å²) in [6.45, 7) is 0.319. The molecule has 14 heavy (non-hydrogen) atoms. The fourth-order valence-corrected chi connectivity index (χ4v) is 2.50. The zero-order chi connectivity index (χ0) is 10.2. The molecule has 1 heterocycles. The molecule has 1 saturated carbocycles. The van der Waals surface area contributed by atoms with Crippen molar-refractivity contribution in [3.05, 3.63) is 11.1 Å². The van der Waals surface area contributed by atoms with Crippen molar-refractivity contribution >= 4 is 16.5 Å². The lowest BCUT2D eigenvalue weighted by atomic mass is 9.98. The lowest BCUT2D eigenvalue weighted by Gasteiger charge is -2.25. The SMILES string of the molecule is COCC(O)(c1cnc(N)s1)C1CC1. The molecule has 1 aliphatic carbocycles. The number of hydrogen-bond donors (Lipinski definition) is 2. The second kappa shape index (κ2) is 3.49. The third kappa shape index (κ3) is 1.63. The quantitative estimate of drug-likeness (QED) is 0.783. The second-order valence-electron chi connectivity index (χ2n) is 3.69. The highest BCUT2D eigenvalue weighted by Crippen LogP contribution is 2.47. The summed E-state index contributed by atoms with van der Waals surface area (Å²) in [7, 11) is 1.59. The molecule has 1 unspecified atom stereocenters. The van der Waals surface area contributed by atoms with Gasteiger partial charge in [0.15, 0.2) is 5.13 Å². The summed E-state index contributed by atoms with van der Waals surface area (Å²) in [5.74, 6) is 0.308. The first-order chi connectivity index (χ1) is 6.66. The van der Waals surface area contributed by atoms with Gasteiger partial charge in [0, 0.05) is 13.3 Å². The van der Waals surface area contributed by atoms with Crippen LogP contribution in [0.4, 0.5) is 5.13 Å². The van der Waals surface area contributed by atoms with Gasteiger partial charge in [-0.05, 0) is 18.8 Å². The van der Waals surface area contributed by atoms with Crippen molar-refractivity contribution < 1.29 is 9.84 Å². The summed E-state index contributed by atoms with van der Waals surface area (Å²) in [4.78, 5) is 4.77. The Morgan fingerprint density at radius 2 is 2.50 bits per heavy atom. The van der Waals surface area contributed by atoms with Gasteiger partial charge in [-0.25, -0.2) is 4.98 Å². The van der Waals surface area contributed by atoms with E-state index < -0.39 is 5.60 Å². The van der Waals surface area contributed by atoms with Crippen LogP contribution in [0.25, 0.3) is 0 Å². The predicted molar refractivity (Wildman–Crippen MR) is 55.0 cm³/mol. The van der Waals surface area contributed by atoms with Gasteiger partial charge in [0.2, 0.25) is 0 Å². The van der Waals surface area contributed by atoms with Crippen LogP contribution < -0.4 is 5.73 Å². The normalized spacial score (nSPS) is 20.7. The molecule has 1 fully saturated rings. The Kier molecular flexibility index (Phi) is 2.47. The Bertz CT molecular complexity index is 324. The van der Waals surface area contributed by atoms with Crippen LogP contribution in [0.15, 0.2) is 6.20 Å². The van der Waals surface area contributed by atoms with Crippen molar-refractivity contribution in [3.63, 3.8) is 0 Å². The highest BCUT2D eigenvalue weighted by molar-refractivity contribution is 7.15. The van der Waals surface area contributed by atoms with Crippen molar-refractivity contribution in [3.8, 4) is 0 Å². The van der Waals surface area contributed by atoms with Gasteiger partial charge >= 0.3 is 0 Å². The standard InChI is InChI=1S/C9H14N2O2S/c1-13-5-9(12,6-2-3-6)7-4-11-8(10)14-7/h4,6,12H,2-3,5H2,1H3,(H2,10,11). The van der Waals surface area contributed by atoms with E-state index in [0.717, 1.165) is 17.7 Å². The molecule has 4 nitrogen and oxygen atoms in total. The van der Waals surface area contributed by atoms with Crippen LogP contribution in [0.3, 0.4) is 0 Å². The number of hydrogen-bond acceptors (Lipinski definition) is 5. The average Bonchev–Trinajstić information content (AvgIpc) is 2.90. The van der Waals surface area contributed by atoms with Crippen molar-refractivity contribution in [1.82, 2.24) is 4.98 Å². The molecule has 0 bridgehead atoms. The Morgan fingerprint density at radius 3 is 2.93 bits per heavy atom. The van der Waals surface area contributed by atoms with Crippen LogP contribution in [-0.4, -0.2) is 23.8 Å². The lowest BCUT2D eigenvalue weighted by molar-refractivity contribution is -0.0506. The molecule has 0 spiro atoms. The molecule has 1 atom stereocenters. The second-order valence-corrected chi connectivity index (χ2v) is 4.76. The van der Waals surface area contributed by atoms with Crippen molar-refractivity contribution in [2.75, 3.05) is 19.5 Å². The average molecular weight is 214 g/mol. The smallest absolute Gasteiger partial charge is 0.180 e. The highest BCUT2D eigenvalue weighted by atomic mass is 32.1. The van der Waals surface area contributed by atoms with Crippen LogP contribution in [0.2, 0.25) is 0 Å². The number of aromatic nitrogens is 1. The molecule has 5 heteroatoms. The van der Waals surface area contributed by atoms with E-state index in [0.29, 0.717) is 17.7 Å². The van der Waals surface area contributed by atoms with E-state index >= 15 is 0 Å². The first-order valence-electron chi connectivity index (χ1n) is 4.60. The molecule has 78 valence electrons. The molecular weight excluding hydrogens is 200 g/mol. The summed E-state index contributed by atoms with van der Waals surface area (Å²) < 4.78 is 5.06. The molecule has 0 aliphatic heterocycles. The van der Waals surface area contributed by atoms with Crippen molar-refractivity contribution in [2.45, 2.75) is 18.4 Å². The molecule has 0 saturated heterocycles. The Balaban J connectivity index is 2.25. The van der Waals surface area contributed by atoms with Crippen LogP contribution in [0.1, 0.15) is 17.7 Å². The number of methoxy groups -OCH3 is 1. The van der Waals surface area contributed by atoms with E-state index in [-0.39, 0.29) is 0 Å². The minimum absolute atomic E-state index is 0.308. The van der Waals surface area contributed by atoms with Crippen LogP contribution in [0.5, 0.6) is 0 Å². The van der Waals surface area contributed by atoms with E-state index in [1.165, 1.54) is 11.3 Å². The van der Waals surface area contributed by atoms with Gasteiger partial charge in [-0.15, -0.1) is 0 Å². The van der Waals surface area contributed by atoms with E-state index in [1.807, 2.05) is 0 Å². The number of thiazole rings is 1. The molecule has 1 aromatic heterocycles. The molecule has 1 aliphatic rings. The maximum atomic E-state index is 10.4. The number of nitrogens with zero attached hydrogens (tertiary/aromatic N) is 1. The number of aliphatic hydroxyl groups is 1. The molecule has 0 aromatic carbocycles. The summed E-state index contributed by atoms with van der Waals surface area (Å²) in [6, 6.07) is 0. The van der Waals surface area contributed by atoms with Gasteiger partial charge in [-0.1, -0.05) is 11.3 Å². The number of nitrogens with two attached hydrogens (primary N) is 1. The monoisotopic (exact) mass is 214 g/mol. The topological polar surface area (TPSA) is 68.4 Å². The first-order valence-corrected chi connectivity index (χ1v) is 5.41. The summed E-state index contributed by atoms with van der Waals surface area (Å²) in [5.41, 5.74) is 4.68. The molecule has 0 radical (unpaired) electrons.